The molecule has 0 amide bonds. The number of carboxylic acid groups (broad SMARTS) is 1. The Morgan fingerprint density at radius 2 is 1.81 bits per heavy atom. The number of hydrogen-bond donors (Lipinski definition) is 0. The number of hydrogen-bond acceptors (Lipinski definition) is 6. The Kier molecular flexibility index (Phi) is 3.50. The number of benzene rings is 2. The Morgan fingerprint density at radius 1 is 1.07 bits per heavy atom. The van der Waals surface area contributed by atoms with Gasteiger partial charge in [-0.25, -0.2) is 4.58 Å². The minimum Gasteiger partial charge on any atom is -0.545 e. The van der Waals surface area contributed by atoms with Gasteiger partial charge in [-0.1, -0.05) is 6.07 Å². The summed E-state index contributed by atoms with van der Waals surface area (Å²) < 4.78 is 23.8. The van der Waals surface area contributed by atoms with Crippen LogP contribution < -0.4 is 24.1 Å². The Bertz CT molecular complexity index is 1010. The highest BCUT2D eigenvalue weighted by molar-refractivity contribution is 6.03. The zero-order valence-corrected chi connectivity index (χ0v) is 14.7. The van der Waals surface area contributed by atoms with Crippen LogP contribution >= 0.6 is 0 Å². The molecule has 5 rings (SSSR count). The van der Waals surface area contributed by atoms with Crippen LogP contribution in [0.5, 0.6) is 23.0 Å². The van der Waals surface area contributed by atoms with Gasteiger partial charge in [-0.2, -0.15) is 0 Å². The van der Waals surface area contributed by atoms with Crippen molar-refractivity contribution in [3.05, 3.63) is 46.5 Å². The van der Waals surface area contributed by atoms with E-state index < -0.39 is 5.97 Å². The van der Waals surface area contributed by atoms with Crippen molar-refractivity contribution < 1.29 is 33.4 Å². The van der Waals surface area contributed by atoms with Gasteiger partial charge in [0, 0.05) is 17.5 Å². The van der Waals surface area contributed by atoms with Gasteiger partial charge in [0.25, 0.3) is 0 Å². The molecule has 0 aliphatic carbocycles. The quantitative estimate of drug-likeness (QED) is 0.745. The first-order valence-corrected chi connectivity index (χ1v) is 8.74. The lowest BCUT2D eigenvalue weighted by molar-refractivity contribution is -0.498. The first kappa shape index (κ1) is 16.0. The standard InChI is InChI=1S/C20H17NO6/c1-21-5-4-11-7-16-17(26-9-25-16)8-13(11)14(21)6-12-2-3-15-19(27-10-24-15)18(12)20(22)23/h2-3,7-8H,4-6,9-10H2,1H3. The minimum absolute atomic E-state index is 0.0157. The lowest BCUT2D eigenvalue weighted by Gasteiger charge is -2.19. The topological polar surface area (TPSA) is 80.1 Å². The molecule has 3 heterocycles. The van der Waals surface area contributed by atoms with E-state index in [-0.39, 0.29) is 24.9 Å². The summed E-state index contributed by atoms with van der Waals surface area (Å²) in [6, 6.07) is 7.51. The van der Waals surface area contributed by atoms with Crippen LogP contribution in [0.15, 0.2) is 24.3 Å². The maximum absolute atomic E-state index is 11.8. The predicted molar refractivity (Wildman–Crippen MR) is 92.0 cm³/mol. The number of carboxylic acids is 1. The van der Waals surface area contributed by atoms with E-state index in [0.717, 1.165) is 30.0 Å². The molecule has 3 aliphatic heterocycles. The fraction of sp³-hybridized carbons (Fsp3) is 0.300. The fourth-order valence-corrected chi connectivity index (χ4v) is 3.88. The molecule has 27 heavy (non-hydrogen) atoms. The van der Waals surface area contributed by atoms with Crippen LogP contribution in [0, 0.1) is 0 Å². The minimum atomic E-state index is -1.27. The largest absolute Gasteiger partial charge is 0.545 e. The first-order valence-electron chi connectivity index (χ1n) is 8.74. The highest BCUT2D eigenvalue weighted by Crippen LogP contribution is 2.39. The number of fused-ring (bicyclic) bond motifs is 3. The zero-order valence-electron chi connectivity index (χ0n) is 14.7. The second-order valence-electron chi connectivity index (χ2n) is 6.78. The van der Waals surface area contributed by atoms with Gasteiger partial charge < -0.3 is 28.8 Å². The van der Waals surface area contributed by atoms with E-state index in [0.29, 0.717) is 23.5 Å². The third-order valence-electron chi connectivity index (χ3n) is 5.27. The smallest absolute Gasteiger partial charge is 0.231 e. The maximum atomic E-state index is 11.8. The van der Waals surface area contributed by atoms with Crippen LogP contribution in [0.1, 0.15) is 27.0 Å². The van der Waals surface area contributed by atoms with E-state index >= 15 is 0 Å². The normalized spacial score (nSPS) is 16.5. The van der Waals surface area contributed by atoms with Gasteiger partial charge in [0.1, 0.15) is 13.6 Å². The molecule has 0 spiro atoms. The molecular weight excluding hydrogens is 350 g/mol. The first-order chi connectivity index (χ1) is 13.1. The van der Waals surface area contributed by atoms with Gasteiger partial charge in [-0.3, -0.25) is 0 Å². The summed E-state index contributed by atoms with van der Waals surface area (Å²) in [5, 5.41) is 11.8. The average Bonchev–Trinajstić information content (AvgIpc) is 3.30. The van der Waals surface area contributed by atoms with Gasteiger partial charge in [0.15, 0.2) is 28.7 Å². The molecule has 138 valence electrons. The van der Waals surface area contributed by atoms with E-state index in [4.69, 9.17) is 18.9 Å². The maximum Gasteiger partial charge on any atom is 0.231 e. The van der Waals surface area contributed by atoms with Crippen LogP contribution in [-0.4, -0.2) is 43.4 Å². The monoisotopic (exact) mass is 367 g/mol. The number of nitrogens with zero attached hydrogens (tertiary/aromatic N) is 1. The Balaban J connectivity index is 1.60. The van der Waals surface area contributed by atoms with Crippen molar-refractivity contribution in [2.45, 2.75) is 12.8 Å². The highest BCUT2D eigenvalue weighted by atomic mass is 16.7. The van der Waals surface area contributed by atoms with Crippen molar-refractivity contribution in [2.75, 3.05) is 27.2 Å². The Morgan fingerprint density at radius 3 is 2.63 bits per heavy atom. The van der Waals surface area contributed by atoms with Crippen LogP contribution in [0.25, 0.3) is 0 Å². The molecule has 0 saturated heterocycles. The number of ether oxygens (including phenoxy) is 4. The summed E-state index contributed by atoms with van der Waals surface area (Å²) in [6.45, 7) is 1.08. The van der Waals surface area contributed by atoms with E-state index in [2.05, 4.69) is 4.58 Å². The van der Waals surface area contributed by atoms with Gasteiger partial charge in [0.2, 0.25) is 13.6 Å². The molecule has 0 unspecified atom stereocenters. The molecular formula is C20H17NO6. The van der Waals surface area contributed by atoms with E-state index in [9.17, 15) is 9.90 Å². The molecule has 2 aromatic carbocycles. The molecule has 0 aromatic heterocycles. The summed E-state index contributed by atoms with van der Waals surface area (Å²) in [5.74, 6) is 0.891. The van der Waals surface area contributed by atoms with Crippen molar-refractivity contribution in [2.24, 2.45) is 0 Å². The molecule has 7 nitrogen and oxygen atoms in total. The summed E-state index contributed by atoms with van der Waals surface area (Å²) in [7, 11) is 2.01. The van der Waals surface area contributed by atoms with Crippen molar-refractivity contribution in [1.29, 1.82) is 0 Å². The molecule has 0 fully saturated rings. The third kappa shape index (κ3) is 2.50. The summed E-state index contributed by atoms with van der Waals surface area (Å²) >= 11 is 0. The molecule has 0 saturated carbocycles. The number of carbonyl (C=O) groups excluding carboxylic acids is 1. The molecule has 0 bridgehead atoms. The average molecular weight is 367 g/mol. The molecule has 0 N–H and O–H groups in total. The highest BCUT2D eigenvalue weighted by Gasteiger charge is 2.30. The van der Waals surface area contributed by atoms with Crippen molar-refractivity contribution in [3.63, 3.8) is 0 Å². The van der Waals surface area contributed by atoms with Gasteiger partial charge in [-0.05, 0) is 29.3 Å². The number of rotatable bonds is 3. The SMILES string of the molecule is C[N+]1=C(Cc2ccc3c(c2C(=O)[O-])OCO3)c2cc3c(cc2CC1)OCO3. The summed E-state index contributed by atoms with van der Waals surface area (Å²) in [4.78, 5) is 11.8. The van der Waals surface area contributed by atoms with Crippen LogP contribution in [-0.2, 0) is 12.8 Å². The summed E-state index contributed by atoms with van der Waals surface area (Å²) in [5.41, 5.74) is 3.93. The summed E-state index contributed by atoms with van der Waals surface area (Å²) in [6.07, 6.45) is 1.32. The van der Waals surface area contributed by atoms with Crippen molar-refractivity contribution in [1.82, 2.24) is 0 Å². The lowest BCUT2D eigenvalue weighted by Crippen LogP contribution is -2.30. The van der Waals surface area contributed by atoms with Crippen LogP contribution in [0.2, 0.25) is 0 Å². The number of likely N-dealkylation sites (N-methyl/N-ethyl adjacent to an activating group) is 1. The molecule has 0 radical (unpaired) electrons. The molecule has 2 aromatic rings. The zero-order chi connectivity index (χ0) is 18.5. The van der Waals surface area contributed by atoms with Crippen LogP contribution in [0.3, 0.4) is 0 Å². The molecule has 7 heteroatoms. The third-order valence-corrected chi connectivity index (χ3v) is 5.27. The Labute approximate surface area is 155 Å². The van der Waals surface area contributed by atoms with Gasteiger partial charge in [-0.15, -0.1) is 0 Å². The number of aromatic carboxylic acids is 1. The second-order valence-corrected chi connectivity index (χ2v) is 6.78. The van der Waals surface area contributed by atoms with Crippen molar-refractivity contribution >= 4 is 11.7 Å². The second kappa shape index (κ2) is 5.90. The van der Waals surface area contributed by atoms with E-state index in [1.165, 1.54) is 5.56 Å². The molecule has 0 atom stereocenters. The lowest BCUT2D eigenvalue weighted by atomic mass is 9.90. The van der Waals surface area contributed by atoms with E-state index in [1.54, 1.807) is 12.1 Å². The van der Waals surface area contributed by atoms with Crippen LogP contribution in [0.4, 0.5) is 0 Å². The van der Waals surface area contributed by atoms with Crippen molar-refractivity contribution in [3.8, 4) is 23.0 Å². The van der Waals surface area contributed by atoms with E-state index in [1.807, 2.05) is 19.2 Å². The van der Waals surface area contributed by atoms with Gasteiger partial charge in [0.05, 0.1) is 12.4 Å². The number of carbonyl (C=O) groups is 1. The fourth-order valence-electron chi connectivity index (χ4n) is 3.88. The van der Waals surface area contributed by atoms with Gasteiger partial charge >= 0.3 is 0 Å². The molecule has 3 aliphatic rings. The Hall–Kier alpha value is -3.22. The predicted octanol–water partition coefficient (Wildman–Crippen LogP) is 0.738.